The van der Waals surface area contributed by atoms with Crippen LogP contribution in [0.25, 0.3) is 0 Å². The van der Waals surface area contributed by atoms with Crippen molar-refractivity contribution in [3.05, 3.63) is 48.3 Å². The first kappa shape index (κ1) is 10.3. The van der Waals surface area contributed by atoms with Crippen LogP contribution in [0.3, 0.4) is 0 Å². The van der Waals surface area contributed by atoms with Crippen LogP contribution in [-0.2, 0) is 13.0 Å². The smallest absolute Gasteiger partial charge is 0.0926 e. The van der Waals surface area contributed by atoms with Gasteiger partial charge in [-0.15, -0.1) is 6.58 Å². The summed E-state index contributed by atoms with van der Waals surface area (Å²) in [7, 11) is 0. The lowest BCUT2D eigenvalue weighted by Crippen LogP contribution is -2.30. The molecule has 2 aromatic heterocycles. The third-order valence-corrected chi connectivity index (χ3v) is 3.05. The number of aromatic nitrogens is 4. The summed E-state index contributed by atoms with van der Waals surface area (Å²) in [4.78, 5) is 7.59. The fraction of sp³-hybridized carbons (Fsp3) is 0.333. The zero-order valence-electron chi connectivity index (χ0n) is 9.56. The van der Waals surface area contributed by atoms with Crippen LogP contribution in [0.1, 0.15) is 23.0 Å². The Hall–Kier alpha value is -1.88. The van der Waals surface area contributed by atoms with E-state index in [1.165, 1.54) is 5.69 Å². The molecule has 3 rings (SSSR count). The Labute approximate surface area is 99.6 Å². The summed E-state index contributed by atoms with van der Waals surface area (Å²) in [5.74, 6) is 0. The van der Waals surface area contributed by atoms with Gasteiger partial charge in [-0.1, -0.05) is 6.08 Å². The Morgan fingerprint density at radius 2 is 2.53 bits per heavy atom. The minimum atomic E-state index is 0.156. The second kappa shape index (κ2) is 4.18. The molecule has 1 atom stereocenters. The van der Waals surface area contributed by atoms with Crippen LogP contribution in [0.15, 0.2) is 31.4 Å². The lowest BCUT2D eigenvalue weighted by Gasteiger charge is -2.21. The van der Waals surface area contributed by atoms with Gasteiger partial charge in [0.25, 0.3) is 0 Å². The van der Waals surface area contributed by atoms with Gasteiger partial charge in [0, 0.05) is 30.4 Å². The van der Waals surface area contributed by atoms with Crippen molar-refractivity contribution in [3.63, 3.8) is 0 Å². The average Bonchev–Trinajstić information content (AvgIpc) is 2.96. The highest BCUT2D eigenvalue weighted by molar-refractivity contribution is 5.29. The van der Waals surface area contributed by atoms with Crippen LogP contribution >= 0.6 is 0 Å². The molecular formula is C12H15N5. The summed E-state index contributed by atoms with van der Waals surface area (Å²) in [6, 6.07) is 0.156. The molecule has 0 bridgehead atoms. The molecule has 2 N–H and O–H groups in total. The zero-order valence-corrected chi connectivity index (χ0v) is 9.56. The zero-order chi connectivity index (χ0) is 11.7. The van der Waals surface area contributed by atoms with E-state index in [-0.39, 0.29) is 6.04 Å². The normalized spacial score (nSPS) is 18.9. The van der Waals surface area contributed by atoms with Gasteiger partial charge in [-0.3, -0.25) is 4.68 Å². The summed E-state index contributed by atoms with van der Waals surface area (Å²) in [6.45, 7) is 5.41. The van der Waals surface area contributed by atoms with Crippen molar-refractivity contribution in [2.24, 2.45) is 0 Å². The molecule has 0 aliphatic carbocycles. The molecule has 3 heterocycles. The van der Waals surface area contributed by atoms with E-state index in [2.05, 4.69) is 27.0 Å². The Morgan fingerprint density at radius 1 is 1.59 bits per heavy atom. The van der Waals surface area contributed by atoms with Crippen molar-refractivity contribution in [1.82, 2.24) is 25.1 Å². The summed E-state index contributed by atoms with van der Waals surface area (Å²) in [6.07, 6.45) is 8.55. The quantitative estimate of drug-likeness (QED) is 0.773. The maximum Gasteiger partial charge on any atom is 0.0926 e. The largest absolute Gasteiger partial charge is 0.348 e. The number of hydrogen-bond acceptors (Lipinski definition) is 3. The standard InChI is InChI=1S/C12H15N5/c1-2-5-17-7-9(6-16-17)11-12-10(3-4-13-11)14-8-15-12/h2,6-8,11,13H,1,3-5H2,(H,14,15)/t11-/m1/s1. The number of imidazole rings is 1. The molecule has 0 saturated carbocycles. The molecule has 17 heavy (non-hydrogen) atoms. The van der Waals surface area contributed by atoms with E-state index in [0.29, 0.717) is 0 Å². The molecule has 0 spiro atoms. The minimum absolute atomic E-state index is 0.156. The molecular weight excluding hydrogens is 214 g/mol. The molecule has 0 aromatic carbocycles. The number of nitrogens with one attached hydrogen (secondary N) is 2. The van der Waals surface area contributed by atoms with Crippen molar-refractivity contribution in [2.75, 3.05) is 6.54 Å². The molecule has 1 aliphatic heterocycles. The van der Waals surface area contributed by atoms with Crippen LogP contribution < -0.4 is 5.32 Å². The second-order valence-electron chi connectivity index (χ2n) is 4.19. The van der Waals surface area contributed by atoms with Gasteiger partial charge in [0.05, 0.1) is 30.8 Å². The summed E-state index contributed by atoms with van der Waals surface area (Å²) < 4.78 is 1.88. The molecule has 5 heteroatoms. The monoisotopic (exact) mass is 229 g/mol. The van der Waals surface area contributed by atoms with Crippen molar-refractivity contribution in [2.45, 2.75) is 19.0 Å². The second-order valence-corrected chi connectivity index (χ2v) is 4.19. The maximum atomic E-state index is 4.39. The van der Waals surface area contributed by atoms with E-state index in [0.717, 1.165) is 30.8 Å². The fourth-order valence-electron chi connectivity index (χ4n) is 2.26. The third kappa shape index (κ3) is 1.78. The maximum absolute atomic E-state index is 4.39. The number of aromatic amines is 1. The SMILES string of the molecule is C=CCn1cc([C@H]2NCCc3[nH]cnc32)cn1. The van der Waals surface area contributed by atoms with Gasteiger partial charge in [0.2, 0.25) is 0 Å². The first-order chi connectivity index (χ1) is 8.38. The Kier molecular flexibility index (Phi) is 2.53. The molecule has 88 valence electrons. The predicted molar refractivity (Wildman–Crippen MR) is 64.6 cm³/mol. The highest BCUT2D eigenvalue weighted by Gasteiger charge is 2.24. The van der Waals surface area contributed by atoms with Crippen LogP contribution in [0.2, 0.25) is 0 Å². The summed E-state index contributed by atoms with van der Waals surface area (Å²) in [5.41, 5.74) is 3.47. The van der Waals surface area contributed by atoms with Gasteiger partial charge in [-0.05, 0) is 0 Å². The number of nitrogens with zero attached hydrogens (tertiary/aromatic N) is 3. The molecule has 5 nitrogen and oxygen atoms in total. The van der Waals surface area contributed by atoms with Gasteiger partial charge in [-0.25, -0.2) is 4.98 Å². The topological polar surface area (TPSA) is 58.5 Å². The van der Waals surface area contributed by atoms with E-state index >= 15 is 0 Å². The van der Waals surface area contributed by atoms with E-state index in [4.69, 9.17) is 0 Å². The number of hydrogen-bond donors (Lipinski definition) is 2. The Morgan fingerprint density at radius 3 is 3.41 bits per heavy atom. The first-order valence-electron chi connectivity index (χ1n) is 5.77. The highest BCUT2D eigenvalue weighted by atomic mass is 15.3. The number of fused-ring (bicyclic) bond motifs is 1. The fourth-order valence-corrected chi connectivity index (χ4v) is 2.26. The molecule has 0 saturated heterocycles. The van der Waals surface area contributed by atoms with Gasteiger partial charge in [0.15, 0.2) is 0 Å². The predicted octanol–water partition coefficient (Wildman–Crippen LogP) is 1.03. The summed E-state index contributed by atoms with van der Waals surface area (Å²) >= 11 is 0. The molecule has 0 radical (unpaired) electrons. The van der Waals surface area contributed by atoms with Gasteiger partial charge in [0.1, 0.15) is 0 Å². The van der Waals surface area contributed by atoms with E-state index in [1.807, 2.05) is 23.2 Å². The van der Waals surface area contributed by atoms with Crippen LogP contribution in [-0.4, -0.2) is 26.3 Å². The molecule has 2 aromatic rings. The Balaban J connectivity index is 1.92. The lowest BCUT2D eigenvalue weighted by molar-refractivity contribution is 0.553. The molecule has 1 aliphatic rings. The van der Waals surface area contributed by atoms with Gasteiger partial charge < -0.3 is 10.3 Å². The van der Waals surface area contributed by atoms with Crippen molar-refractivity contribution >= 4 is 0 Å². The number of rotatable bonds is 3. The lowest BCUT2D eigenvalue weighted by atomic mass is 10.0. The summed E-state index contributed by atoms with van der Waals surface area (Å²) in [5, 5.41) is 7.78. The first-order valence-corrected chi connectivity index (χ1v) is 5.77. The van der Waals surface area contributed by atoms with Gasteiger partial charge >= 0.3 is 0 Å². The molecule has 0 amide bonds. The van der Waals surface area contributed by atoms with E-state index in [1.54, 1.807) is 6.33 Å². The van der Waals surface area contributed by atoms with Gasteiger partial charge in [-0.2, -0.15) is 5.10 Å². The van der Waals surface area contributed by atoms with Crippen LogP contribution in [0.5, 0.6) is 0 Å². The van der Waals surface area contributed by atoms with Crippen molar-refractivity contribution in [3.8, 4) is 0 Å². The molecule has 0 fully saturated rings. The molecule has 0 unspecified atom stereocenters. The number of allylic oxidation sites excluding steroid dienone is 1. The van der Waals surface area contributed by atoms with Crippen molar-refractivity contribution in [1.29, 1.82) is 0 Å². The van der Waals surface area contributed by atoms with Crippen molar-refractivity contribution < 1.29 is 0 Å². The average molecular weight is 229 g/mol. The van der Waals surface area contributed by atoms with E-state index < -0.39 is 0 Å². The number of H-pyrrole nitrogens is 1. The third-order valence-electron chi connectivity index (χ3n) is 3.05. The Bertz CT molecular complexity index is 524. The van der Waals surface area contributed by atoms with E-state index in [9.17, 15) is 0 Å². The highest BCUT2D eigenvalue weighted by Crippen LogP contribution is 2.25. The minimum Gasteiger partial charge on any atom is -0.348 e. The van der Waals surface area contributed by atoms with Crippen LogP contribution in [0.4, 0.5) is 0 Å². The van der Waals surface area contributed by atoms with Crippen LogP contribution in [0, 0.1) is 0 Å².